The van der Waals surface area contributed by atoms with Gasteiger partial charge in [-0.1, -0.05) is 40.9 Å². The minimum atomic E-state index is -1.00. The molecule has 1 aromatic heterocycles. The third kappa shape index (κ3) is 3.73. The normalized spacial score (nSPS) is 24.8. The van der Waals surface area contributed by atoms with Crippen molar-refractivity contribution >= 4 is 38.8 Å². The molecule has 2 saturated heterocycles. The van der Waals surface area contributed by atoms with Crippen LogP contribution in [-0.4, -0.2) is 68.4 Å². The average Bonchev–Trinajstić information content (AvgIpc) is 3.12. The number of fused-ring (bicyclic) bond motifs is 4. The number of carbonyl (C=O) groups is 2. The van der Waals surface area contributed by atoms with Gasteiger partial charge >= 0.3 is 6.03 Å². The van der Waals surface area contributed by atoms with Gasteiger partial charge in [-0.3, -0.25) is 14.6 Å². The van der Waals surface area contributed by atoms with Crippen molar-refractivity contribution in [2.75, 3.05) is 26.2 Å². The van der Waals surface area contributed by atoms with Gasteiger partial charge < -0.3 is 15.0 Å². The van der Waals surface area contributed by atoms with Crippen molar-refractivity contribution < 1.29 is 14.7 Å². The number of H-pyrrole nitrogens is 1. The first kappa shape index (κ1) is 23.6. The first-order valence-electron chi connectivity index (χ1n) is 12.8. The Labute approximate surface area is 219 Å². The molecule has 2 fully saturated rings. The molecule has 3 aliphatic rings. The number of aromatic amines is 1. The largest absolute Gasteiger partial charge is 0.508 e. The smallest absolute Gasteiger partial charge is 0.328 e. The fourth-order valence-electron chi connectivity index (χ4n) is 6.32. The SMILES string of the molecule is CC12Cc3c([nH]c4ccc(Br)cc34)C(c3cccc(O)c3)N1C(=O)N(CCN1CCCCCC1)C2=O. The number of benzene rings is 2. The van der Waals surface area contributed by atoms with E-state index in [1.54, 1.807) is 23.1 Å². The Morgan fingerprint density at radius 1 is 1.06 bits per heavy atom. The summed E-state index contributed by atoms with van der Waals surface area (Å²) in [6, 6.07) is 12.3. The molecule has 3 amide bonds. The molecule has 2 atom stereocenters. The number of phenols is 1. The molecule has 0 aliphatic carbocycles. The number of urea groups is 1. The fraction of sp³-hybridized carbons (Fsp3) is 0.429. The summed E-state index contributed by atoms with van der Waals surface area (Å²) in [4.78, 5) is 37.1. The molecule has 3 aliphatic heterocycles. The standard InChI is InChI=1S/C28H31BrN4O3/c1-28-17-22-21-16-19(29)9-10-23(21)30-24(22)25(18-7-6-8-20(34)15-18)33(28)27(36)32(26(28)35)14-13-31-11-4-2-3-5-12-31/h6-10,15-16,25,30,34H,2-5,11-14,17H2,1H3. The first-order chi connectivity index (χ1) is 17.4. The van der Waals surface area contributed by atoms with Crippen molar-refractivity contribution in [3.63, 3.8) is 0 Å². The molecule has 188 valence electrons. The second-order valence-electron chi connectivity index (χ2n) is 10.5. The maximum absolute atomic E-state index is 14.0. The number of hydrogen-bond acceptors (Lipinski definition) is 4. The molecule has 2 unspecified atom stereocenters. The quantitative estimate of drug-likeness (QED) is 0.438. The van der Waals surface area contributed by atoms with Crippen LogP contribution in [0, 0.1) is 0 Å². The van der Waals surface area contributed by atoms with Gasteiger partial charge in [-0.25, -0.2) is 4.79 Å². The van der Waals surface area contributed by atoms with Gasteiger partial charge in [0.1, 0.15) is 17.3 Å². The molecule has 2 aromatic carbocycles. The predicted octanol–water partition coefficient (Wildman–Crippen LogP) is 5.18. The van der Waals surface area contributed by atoms with Crippen LogP contribution in [0.4, 0.5) is 4.79 Å². The summed E-state index contributed by atoms with van der Waals surface area (Å²) in [6.45, 7) is 5.05. The second-order valence-corrected chi connectivity index (χ2v) is 11.4. The number of hydrogen-bond donors (Lipinski definition) is 2. The van der Waals surface area contributed by atoms with E-state index in [1.165, 1.54) is 30.6 Å². The molecule has 0 radical (unpaired) electrons. The van der Waals surface area contributed by atoms with Crippen LogP contribution in [0.15, 0.2) is 46.9 Å². The van der Waals surface area contributed by atoms with E-state index in [-0.39, 0.29) is 17.7 Å². The molecular weight excluding hydrogens is 520 g/mol. The van der Waals surface area contributed by atoms with Crippen molar-refractivity contribution in [1.29, 1.82) is 0 Å². The number of rotatable bonds is 4. The Kier molecular flexibility index (Phi) is 5.84. The summed E-state index contributed by atoms with van der Waals surface area (Å²) < 4.78 is 0.964. The van der Waals surface area contributed by atoms with Crippen molar-refractivity contribution in [2.45, 2.75) is 50.6 Å². The van der Waals surface area contributed by atoms with Gasteiger partial charge in [0.25, 0.3) is 5.91 Å². The van der Waals surface area contributed by atoms with Gasteiger partial charge in [0, 0.05) is 40.6 Å². The number of nitrogens with zero attached hydrogens (tertiary/aromatic N) is 3. The number of phenolic OH excluding ortho intramolecular Hbond substituents is 1. The monoisotopic (exact) mass is 550 g/mol. The fourth-order valence-corrected chi connectivity index (χ4v) is 6.69. The van der Waals surface area contributed by atoms with Crippen LogP contribution in [0.25, 0.3) is 10.9 Å². The minimum Gasteiger partial charge on any atom is -0.508 e. The minimum absolute atomic E-state index is 0.135. The third-order valence-corrected chi connectivity index (χ3v) is 8.65. The van der Waals surface area contributed by atoms with Gasteiger partial charge in [0.05, 0.1) is 0 Å². The topological polar surface area (TPSA) is 79.9 Å². The van der Waals surface area contributed by atoms with Crippen LogP contribution in [0.3, 0.4) is 0 Å². The van der Waals surface area contributed by atoms with Crippen LogP contribution >= 0.6 is 15.9 Å². The van der Waals surface area contributed by atoms with E-state index in [4.69, 9.17) is 0 Å². The summed E-state index contributed by atoms with van der Waals surface area (Å²) in [5, 5.41) is 11.3. The van der Waals surface area contributed by atoms with Gasteiger partial charge in [0.15, 0.2) is 0 Å². The Morgan fingerprint density at radius 2 is 1.83 bits per heavy atom. The van der Waals surface area contributed by atoms with Crippen LogP contribution in [0.2, 0.25) is 0 Å². The molecule has 4 heterocycles. The van der Waals surface area contributed by atoms with Crippen molar-refractivity contribution in [3.8, 4) is 5.75 Å². The Hall–Kier alpha value is -2.84. The van der Waals surface area contributed by atoms with E-state index >= 15 is 0 Å². The number of halogens is 1. The molecule has 8 heteroatoms. The summed E-state index contributed by atoms with van der Waals surface area (Å²) in [6.07, 6.45) is 5.28. The number of likely N-dealkylation sites (tertiary alicyclic amines) is 1. The summed E-state index contributed by atoms with van der Waals surface area (Å²) in [5.74, 6) is -0.00125. The van der Waals surface area contributed by atoms with E-state index in [0.717, 1.165) is 45.3 Å². The van der Waals surface area contributed by atoms with Gasteiger partial charge in [-0.15, -0.1) is 0 Å². The van der Waals surface area contributed by atoms with E-state index < -0.39 is 11.6 Å². The van der Waals surface area contributed by atoms with Gasteiger partial charge in [-0.05, 0) is 74.3 Å². The summed E-state index contributed by atoms with van der Waals surface area (Å²) >= 11 is 3.59. The number of nitrogens with one attached hydrogen (secondary N) is 1. The molecule has 3 aromatic rings. The zero-order valence-electron chi connectivity index (χ0n) is 20.5. The maximum Gasteiger partial charge on any atom is 0.328 e. The highest BCUT2D eigenvalue weighted by molar-refractivity contribution is 9.10. The van der Waals surface area contributed by atoms with Crippen molar-refractivity contribution in [1.82, 2.24) is 19.7 Å². The average molecular weight is 551 g/mol. The van der Waals surface area contributed by atoms with Crippen LogP contribution < -0.4 is 0 Å². The van der Waals surface area contributed by atoms with E-state index in [1.807, 2.05) is 25.1 Å². The Bertz CT molecular complexity index is 1350. The third-order valence-electron chi connectivity index (χ3n) is 8.15. The van der Waals surface area contributed by atoms with Gasteiger partial charge in [-0.2, -0.15) is 0 Å². The molecule has 0 spiro atoms. The lowest BCUT2D eigenvalue weighted by Gasteiger charge is -2.42. The summed E-state index contributed by atoms with van der Waals surface area (Å²) in [7, 11) is 0. The van der Waals surface area contributed by atoms with Gasteiger partial charge in [0.2, 0.25) is 0 Å². The highest BCUT2D eigenvalue weighted by atomic mass is 79.9. The number of aromatic nitrogens is 1. The highest BCUT2D eigenvalue weighted by Gasteiger charge is 2.60. The molecule has 2 N–H and O–H groups in total. The Morgan fingerprint density at radius 3 is 2.58 bits per heavy atom. The predicted molar refractivity (Wildman–Crippen MR) is 142 cm³/mol. The molecule has 36 heavy (non-hydrogen) atoms. The van der Waals surface area contributed by atoms with Crippen LogP contribution in [0.1, 0.15) is 55.5 Å². The van der Waals surface area contributed by atoms with E-state index in [9.17, 15) is 14.7 Å². The molecule has 6 rings (SSSR count). The van der Waals surface area contributed by atoms with E-state index in [2.05, 4.69) is 31.9 Å². The van der Waals surface area contributed by atoms with E-state index in [0.29, 0.717) is 19.5 Å². The lowest BCUT2D eigenvalue weighted by molar-refractivity contribution is -0.133. The van der Waals surface area contributed by atoms with Crippen LogP contribution in [0.5, 0.6) is 5.75 Å². The zero-order chi connectivity index (χ0) is 25.0. The van der Waals surface area contributed by atoms with Crippen molar-refractivity contribution in [2.24, 2.45) is 0 Å². The molecule has 0 saturated carbocycles. The Balaban J connectivity index is 1.42. The zero-order valence-corrected chi connectivity index (χ0v) is 22.1. The van der Waals surface area contributed by atoms with Crippen molar-refractivity contribution in [3.05, 3.63) is 63.8 Å². The number of amides is 3. The highest BCUT2D eigenvalue weighted by Crippen LogP contribution is 2.49. The lowest BCUT2D eigenvalue weighted by atomic mass is 9.81. The lowest BCUT2D eigenvalue weighted by Crippen LogP contribution is -2.53. The first-order valence-corrected chi connectivity index (χ1v) is 13.6. The number of aromatic hydroxyl groups is 1. The van der Waals surface area contributed by atoms with Crippen LogP contribution in [-0.2, 0) is 11.2 Å². The molecule has 0 bridgehead atoms. The summed E-state index contributed by atoms with van der Waals surface area (Å²) in [5.41, 5.74) is 2.70. The number of carbonyl (C=O) groups excluding carboxylic acids is 2. The number of imide groups is 1. The molecule has 7 nitrogen and oxygen atoms in total. The maximum atomic E-state index is 14.0. The second kappa shape index (κ2) is 8.92. The molecular formula is C28H31BrN4O3.